The average Bonchev–Trinajstić information content (AvgIpc) is 2.55. The number of aromatic amines is 1. The minimum atomic E-state index is -3.51. The lowest BCUT2D eigenvalue weighted by molar-refractivity contribution is 0.239. The van der Waals surface area contributed by atoms with Gasteiger partial charge in [0.1, 0.15) is 0 Å². The van der Waals surface area contributed by atoms with Gasteiger partial charge in [-0.05, 0) is 17.9 Å². The number of hydrogen-bond donors (Lipinski definition) is 1. The predicted molar refractivity (Wildman–Crippen MR) is 94.0 cm³/mol. The van der Waals surface area contributed by atoms with Crippen molar-refractivity contribution in [2.75, 3.05) is 19.1 Å². The molecule has 0 atom stereocenters. The van der Waals surface area contributed by atoms with E-state index in [0.29, 0.717) is 24.2 Å². The number of aromatic nitrogens is 2. The molecule has 0 spiro atoms. The van der Waals surface area contributed by atoms with Gasteiger partial charge in [-0.2, -0.15) is 0 Å². The number of sulfone groups is 1. The third kappa shape index (κ3) is 3.55. The highest BCUT2D eigenvalue weighted by Crippen LogP contribution is 2.23. The molecule has 8 heteroatoms. The van der Waals surface area contributed by atoms with Gasteiger partial charge in [-0.15, -0.1) is 11.8 Å². The number of fused-ring (bicyclic) bond motifs is 1. The molecule has 2 heterocycles. The molecule has 1 aromatic carbocycles. The first-order valence-electron chi connectivity index (χ1n) is 7.55. The van der Waals surface area contributed by atoms with Crippen molar-refractivity contribution in [2.45, 2.75) is 29.6 Å². The maximum atomic E-state index is 12.3. The molecule has 0 aliphatic carbocycles. The second-order valence-electron chi connectivity index (χ2n) is 5.84. The van der Waals surface area contributed by atoms with Crippen molar-refractivity contribution in [1.82, 2.24) is 14.9 Å². The maximum absolute atomic E-state index is 12.3. The second kappa shape index (κ2) is 6.70. The number of rotatable bonds is 4. The van der Waals surface area contributed by atoms with Crippen molar-refractivity contribution in [3.63, 3.8) is 0 Å². The lowest BCUT2D eigenvalue weighted by Gasteiger charge is -2.28. The Hall–Kier alpha value is -1.64. The summed E-state index contributed by atoms with van der Waals surface area (Å²) in [6.07, 6.45) is 3.67. The summed E-state index contributed by atoms with van der Waals surface area (Å²) in [6, 6.07) is 8.21. The fraction of sp³-hybridized carbons (Fsp3) is 0.375. The summed E-state index contributed by atoms with van der Waals surface area (Å²) in [4.78, 5) is 22.2. The molecule has 1 aliphatic heterocycles. The van der Waals surface area contributed by atoms with Crippen LogP contribution in [0.3, 0.4) is 0 Å². The SMILES string of the molecule is CSc1ccccc1CN1CCc2nc(S(C)(=O)=O)[nH]c(=O)c2C1. The molecule has 0 radical (unpaired) electrons. The summed E-state index contributed by atoms with van der Waals surface area (Å²) >= 11 is 1.70. The zero-order valence-corrected chi connectivity index (χ0v) is 15.2. The molecule has 0 unspecified atom stereocenters. The first kappa shape index (κ1) is 17.2. The highest BCUT2D eigenvalue weighted by Gasteiger charge is 2.23. The molecule has 2 aromatic rings. The fourth-order valence-electron chi connectivity index (χ4n) is 2.84. The largest absolute Gasteiger partial charge is 0.297 e. The smallest absolute Gasteiger partial charge is 0.256 e. The fourth-order valence-corrected chi connectivity index (χ4v) is 4.01. The standard InChI is InChI=1S/C16H19N3O3S2/c1-23-14-6-4-3-5-11(14)9-19-8-7-13-12(10-19)15(20)18-16(17-13)24(2,21)22/h3-6H,7-10H2,1-2H3,(H,17,18,20). The molecular formula is C16H19N3O3S2. The Morgan fingerprint density at radius 2 is 2.08 bits per heavy atom. The van der Waals surface area contributed by atoms with Gasteiger partial charge in [0.05, 0.1) is 11.3 Å². The van der Waals surface area contributed by atoms with E-state index >= 15 is 0 Å². The van der Waals surface area contributed by atoms with Gasteiger partial charge in [0.2, 0.25) is 15.0 Å². The molecule has 1 aliphatic rings. The predicted octanol–water partition coefficient (Wildman–Crippen LogP) is 1.45. The van der Waals surface area contributed by atoms with E-state index in [1.165, 1.54) is 10.5 Å². The lowest BCUT2D eigenvalue weighted by atomic mass is 10.1. The van der Waals surface area contributed by atoms with Gasteiger partial charge >= 0.3 is 0 Å². The molecule has 128 valence electrons. The van der Waals surface area contributed by atoms with Crippen molar-refractivity contribution in [3.05, 3.63) is 51.4 Å². The van der Waals surface area contributed by atoms with Crippen LogP contribution >= 0.6 is 11.8 Å². The summed E-state index contributed by atoms with van der Waals surface area (Å²) in [5, 5.41) is -0.243. The van der Waals surface area contributed by atoms with Crippen LogP contribution in [0.25, 0.3) is 0 Å². The van der Waals surface area contributed by atoms with E-state index in [9.17, 15) is 13.2 Å². The Morgan fingerprint density at radius 3 is 2.79 bits per heavy atom. The number of H-pyrrole nitrogens is 1. The Bertz CT molecular complexity index is 922. The number of hydrogen-bond acceptors (Lipinski definition) is 6. The van der Waals surface area contributed by atoms with Crippen LogP contribution in [0.5, 0.6) is 0 Å². The van der Waals surface area contributed by atoms with Crippen LogP contribution in [0.2, 0.25) is 0 Å². The van der Waals surface area contributed by atoms with Crippen molar-refractivity contribution in [2.24, 2.45) is 0 Å². The van der Waals surface area contributed by atoms with Crippen molar-refractivity contribution in [3.8, 4) is 0 Å². The molecule has 0 fully saturated rings. The quantitative estimate of drug-likeness (QED) is 0.652. The van der Waals surface area contributed by atoms with Gasteiger partial charge in [0, 0.05) is 37.2 Å². The zero-order chi connectivity index (χ0) is 17.3. The molecule has 0 saturated carbocycles. The average molecular weight is 365 g/mol. The number of thioether (sulfide) groups is 1. The van der Waals surface area contributed by atoms with Crippen LogP contribution in [-0.4, -0.2) is 42.3 Å². The van der Waals surface area contributed by atoms with Crippen molar-refractivity contribution < 1.29 is 8.42 Å². The van der Waals surface area contributed by atoms with Gasteiger partial charge in [0.15, 0.2) is 0 Å². The molecular weight excluding hydrogens is 346 g/mol. The molecule has 0 amide bonds. The van der Waals surface area contributed by atoms with E-state index in [4.69, 9.17) is 0 Å². The minimum absolute atomic E-state index is 0.243. The van der Waals surface area contributed by atoms with Gasteiger partial charge in [-0.1, -0.05) is 18.2 Å². The number of benzene rings is 1. The molecule has 0 saturated heterocycles. The number of nitrogens with zero attached hydrogens (tertiary/aromatic N) is 2. The Morgan fingerprint density at radius 1 is 1.33 bits per heavy atom. The van der Waals surface area contributed by atoms with Crippen LogP contribution in [0, 0.1) is 0 Å². The molecule has 1 N–H and O–H groups in total. The molecule has 24 heavy (non-hydrogen) atoms. The molecule has 3 rings (SSSR count). The highest BCUT2D eigenvalue weighted by molar-refractivity contribution is 7.98. The minimum Gasteiger partial charge on any atom is -0.297 e. The molecule has 0 bridgehead atoms. The number of nitrogens with one attached hydrogen (secondary N) is 1. The van der Waals surface area contributed by atoms with Crippen LogP contribution < -0.4 is 5.56 Å². The van der Waals surface area contributed by atoms with Gasteiger partial charge in [-0.25, -0.2) is 13.4 Å². The lowest BCUT2D eigenvalue weighted by Crippen LogP contribution is -2.36. The summed E-state index contributed by atoms with van der Waals surface area (Å²) in [5.74, 6) is 0. The highest BCUT2D eigenvalue weighted by atomic mass is 32.2. The third-order valence-corrected chi connectivity index (χ3v) is 5.80. The van der Waals surface area contributed by atoms with E-state index in [-0.39, 0.29) is 10.7 Å². The van der Waals surface area contributed by atoms with Gasteiger partial charge in [-0.3, -0.25) is 14.7 Å². The maximum Gasteiger partial charge on any atom is 0.256 e. The van der Waals surface area contributed by atoms with Crippen molar-refractivity contribution >= 4 is 21.6 Å². The molecule has 6 nitrogen and oxygen atoms in total. The Kier molecular flexibility index (Phi) is 4.80. The van der Waals surface area contributed by atoms with E-state index in [0.717, 1.165) is 19.3 Å². The molecule has 1 aromatic heterocycles. The Labute approximate surface area is 145 Å². The van der Waals surface area contributed by atoms with Gasteiger partial charge in [0.25, 0.3) is 5.56 Å². The summed E-state index contributed by atoms with van der Waals surface area (Å²) in [6.45, 7) is 1.98. The van der Waals surface area contributed by atoms with Gasteiger partial charge < -0.3 is 0 Å². The normalized spacial score (nSPS) is 15.2. The summed E-state index contributed by atoms with van der Waals surface area (Å²) < 4.78 is 23.2. The monoisotopic (exact) mass is 365 g/mol. The first-order chi connectivity index (χ1) is 11.4. The van der Waals surface area contributed by atoms with E-state index in [1.54, 1.807) is 11.8 Å². The van der Waals surface area contributed by atoms with E-state index in [1.807, 2.05) is 18.4 Å². The summed E-state index contributed by atoms with van der Waals surface area (Å²) in [5.41, 5.74) is 2.03. The van der Waals surface area contributed by atoms with Crippen molar-refractivity contribution in [1.29, 1.82) is 0 Å². The van der Waals surface area contributed by atoms with Crippen LogP contribution in [0.1, 0.15) is 16.8 Å². The van der Waals surface area contributed by atoms with Crippen LogP contribution in [0.4, 0.5) is 0 Å². The van der Waals surface area contributed by atoms with E-state index in [2.05, 4.69) is 27.0 Å². The zero-order valence-electron chi connectivity index (χ0n) is 13.6. The third-order valence-electron chi connectivity index (χ3n) is 4.06. The van der Waals surface area contributed by atoms with Crippen LogP contribution in [-0.2, 0) is 29.3 Å². The second-order valence-corrected chi connectivity index (χ2v) is 8.62. The first-order valence-corrected chi connectivity index (χ1v) is 10.7. The Balaban J connectivity index is 1.86. The van der Waals surface area contributed by atoms with Crippen LogP contribution in [0.15, 0.2) is 39.1 Å². The topological polar surface area (TPSA) is 83.1 Å². The van der Waals surface area contributed by atoms with E-state index < -0.39 is 9.84 Å². The summed E-state index contributed by atoms with van der Waals surface area (Å²) in [7, 11) is -3.51.